The smallest absolute Gasteiger partial charge is 0.365 e. The summed E-state index contributed by atoms with van der Waals surface area (Å²) in [5, 5.41) is 5.43. The van der Waals surface area contributed by atoms with Crippen LogP contribution >= 0.6 is 0 Å². The second kappa shape index (κ2) is 9.58. The van der Waals surface area contributed by atoms with Crippen molar-refractivity contribution in [2.24, 2.45) is 0 Å². The Balaban J connectivity index is 1.54. The molecule has 1 saturated heterocycles. The molecule has 192 valence electrons. The summed E-state index contributed by atoms with van der Waals surface area (Å²) in [5.41, 5.74) is 0.306. The summed E-state index contributed by atoms with van der Waals surface area (Å²) in [6.07, 6.45) is -2.50. The van der Waals surface area contributed by atoms with E-state index in [1.807, 2.05) is 0 Å². The van der Waals surface area contributed by atoms with Crippen LogP contribution in [0.15, 0.2) is 59.6 Å². The average molecular weight is 542 g/mol. The first-order chi connectivity index (χ1) is 16.8. The molecule has 2 N–H and O–H groups in total. The number of nitrogens with zero attached hydrogens (tertiary/aromatic N) is 3. The van der Waals surface area contributed by atoms with Crippen molar-refractivity contribution in [1.29, 1.82) is 0 Å². The average Bonchev–Trinajstić information content (AvgIpc) is 3.16. The molecule has 4 rings (SSSR count). The summed E-state index contributed by atoms with van der Waals surface area (Å²) in [7, 11) is -6.81. The van der Waals surface area contributed by atoms with Crippen LogP contribution in [0.3, 0.4) is 0 Å². The van der Waals surface area contributed by atoms with Crippen molar-refractivity contribution in [3.05, 3.63) is 65.9 Å². The van der Waals surface area contributed by atoms with Crippen molar-refractivity contribution in [3.8, 4) is 0 Å². The number of halogens is 3. The molecule has 0 spiro atoms. The Labute approximate surface area is 206 Å². The highest BCUT2D eigenvalue weighted by molar-refractivity contribution is 7.93. The molecule has 9 nitrogen and oxygen atoms in total. The van der Waals surface area contributed by atoms with Crippen LogP contribution < -0.4 is 14.9 Å². The Bertz CT molecular complexity index is 1480. The fourth-order valence-corrected chi connectivity index (χ4v) is 5.88. The van der Waals surface area contributed by atoms with Crippen molar-refractivity contribution in [2.75, 3.05) is 33.5 Å². The van der Waals surface area contributed by atoms with Crippen LogP contribution in [0.1, 0.15) is 17.5 Å². The topological polar surface area (TPSA) is 121 Å². The molecule has 1 fully saturated rings. The molecular formula is C22H22F3N5O4S2. The summed E-state index contributed by atoms with van der Waals surface area (Å²) >= 11 is 0. The van der Waals surface area contributed by atoms with Gasteiger partial charge in [0.2, 0.25) is 16.0 Å². The maximum Gasteiger partial charge on any atom is 0.421 e. The highest BCUT2D eigenvalue weighted by Crippen LogP contribution is 2.34. The van der Waals surface area contributed by atoms with Crippen LogP contribution in [0, 0.1) is 0 Å². The number of anilines is 4. The highest BCUT2D eigenvalue weighted by atomic mass is 32.2. The second-order valence-corrected chi connectivity index (χ2v) is 12.2. The van der Waals surface area contributed by atoms with E-state index in [1.165, 1.54) is 22.5 Å². The van der Waals surface area contributed by atoms with Crippen LogP contribution in [-0.2, 0) is 32.6 Å². The third-order valence-corrected chi connectivity index (χ3v) is 8.37. The zero-order valence-electron chi connectivity index (χ0n) is 18.9. The summed E-state index contributed by atoms with van der Waals surface area (Å²) in [6.45, 7) is 0.279. The number of nitrogens with one attached hydrogen (secondary N) is 2. The molecule has 0 amide bonds. The number of sulfone groups is 1. The minimum atomic E-state index is -4.72. The van der Waals surface area contributed by atoms with Crippen LogP contribution in [0.4, 0.5) is 36.3 Å². The monoisotopic (exact) mass is 541 g/mol. The van der Waals surface area contributed by atoms with E-state index in [2.05, 4.69) is 20.6 Å². The van der Waals surface area contributed by atoms with Crippen molar-refractivity contribution in [3.63, 3.8) is 0 Å². The summed E-state index contributed by atoms with van der Waals surface area (Å²) in [5.74, 6) is -0.512. The maximum atomic E-state index is 13.5. The lowest BCUT2D eigenvalue weighted by atomic mass is 10.2. The van der Waals surface area contributed by atoms with Gasteiger partial charge < -0.3 is 10.6 Å². The van der Waals surface area contributed by atoms with Crippen LogP contribution in [0.25, 0.3) is 0 Å². The number of alkyl halides is 3. The molecule has 1 aromatic heterocycles. The molecule has 0 atom stereocenters. The Morgan fingerprint density at radius 1 is 1.11 bits per heavy atom. The van der Waals surface area contributed by atoms with Gasteiger partial charge >= 0.3 is 6.18 Å². The Hall–Kier alpha value is -3.39. The minimum Gasteiger partial charge on any atom is -0.365 e. The van der Waals surface area contributed by atoms with Crippen LogP contribution in [-0.4, -0.2) is 45.4 Å². The van der Waals surface area contributed by atoms with Gasteiger partial charge in [-0.15, -0.1) is 0 Å². The van der Waals surface area contributed by atoms with Gasteiger partial charge in [-0.3, -0.25) is 4.31 Å². The number of sulfonamides is 1. The van der Waals surface area contributed by atoms with Gasteiger partial charge in [-0.1, -0.05) is 12.1 Å². The molecular weight excluding hydrogens is 519 g/mol. The van der Waals surface area contributed by atoms with Crippen molar-refractivity contribution in [2.45, 2.75) is 24.0 Å². The Morgan fingerprint density at radius 2 is 1.83 bits per heavy atom. The molecule has 0 radical (unpaired) electrons. The summed E-state index contributed by atoms with van der Waals surface area (Å²) in [6, 6.07) is 12.2. The van der Waals surface area contributed by atoms with E-state index in [-0.39, 0.29) is 23.1 Å². The van der Waals surface area contributed by atoms with E-state index < -0.39 is 37.4 Å². The lowest BCUT2D eigenvalue weighted by Gasteiger charge is -2.17. The molecule has 0 unspecified atom stereocenters. The molecule has 36 heavy (non-hydrogen) atoms. The summed E-state index contributed by atoms with van der Waals surface area (Å²) in [4.78, 5) is 7.77. The molecule has 14 heteroatoms. The standard InChI is InChI=1S/C22H22F3N5O4S2/c1-35(31,32)18-5-2-4-15(12-18)13-26-20-19(22(23,24)25)14-27-21(29-20)28-16-6-8-17(9-7-16)30-10-3-11-36(30,33)34/h2,4-9,12,14H,3,10-11,13H2,1H3,(H2,26,27,28,29). The fraction of sp³-hybridized carbons (Fsp3) is 0.273. The van der Waals surface area contributed by atoms with Crippen LogP contribution in [0.5, 0.6) is 0 Å². The first-order valence-electron chi connectivity index (χ1n) is 10.7. The zero-order chi connectivity index (χ0) is 26.1. The fourth-order valence-electron chi connectivity index (χ4n) is 3.63. The van der Waals surface area contributed by atoms with Gasteiger partial charge in [0.05, 0.1) is 16.3 Å². The number of aromatic nitrogens is 2. The number of benzene rings is 2. The maximum absolute atomic E-state index is 13.5. The second-order valence-electron chi connectivity index (χ2n) is 8.14. The Morgan fingerprint density at radius 3 is 2.44 bits per heavy atom. The van der Waals surface area contributed by atoms with Crippen molar-refractivity contribution in [1.82, 2.24) is 9.97 Å². The molecule has 0 aliphatic carbocycles. The quantitative estimate of drug-likeness (QED) is 0.464. The zero-order valence-corrected chi connectivity index (χ0v) is 20.6. The lowest BCUT2D eigenvalue weighted by molar-refractivity contribution is -0.137. The van der Waals surface area contributed by atoms with Crippen molar-refractivity contribution >= 4 is 43.0 Å². The number of hydrogen-bond donors (Lipinski definition) is 2. The lowest BCUT2D eigenvalue weighted by Crippen LogP contribution is -2.24. The Kier molecular flexibility index (Phi) is 6.84. The van der Waals surface area contributed by atoms with E-state index >= 15 is 0 Å². The number of hydrogen-bond acceptors (Lipinski definition) is 8. The van der Waals surface area contributed by atoms with E-state index in [0.717, 1.165) is 6.26 Å². The van der Waals surface area contributed by atoms with Gasteiger partial charge in [-0.25, -0.2) is 21.8 Å². The van der Waals surface area contributed by atoms with Crippen LogP contribution in [0.2, 0.25) is 0 Å². The molecule has 1 aliphatic rings. The molecule has 0 saturated carbocycles. The SMILES string of the molecule is CS(=O)(=O)c1cccc(CNc2nc(Nc3ccc(N4CCCS4(=O)=O)cc3)ncc2C(F)(F)F)c1. The largest absolute Gasteiger partial charge is 0.421 e. The van der Waals surface area contributed by atoms with Gasteiger partial charge in [-0.2, -0.15) is 18.2 Å². The molecule has 1 aliphatic heterocycles. The normalized spacial score (nSPS) is 15.6. The minimum absolute atomic E-state index is 0.0491. The molecule has 0 bridgehead atoms. The molecule has 3 aromatic rings. The molecule has 2 heterocycles. The molecule has 2 aromatic carbocycles. The van der Waals surface area contributed by atoms with E-state index in [4.69, 9.17) is 0 Å². The van der Waals surface area contributed by atoms with E-state index in [0.29, 0.717) is 36.1 Å². The first-order valence-corrected chi connectivity index (χ1v) is 14.2. The first kappa shape index (κ1) is 25.7. The highest BCUT2D eigenvalue weighted by Gasteiger charge is 2.35. The van der Waals surface area contributed by atoms with E-state index in [9.17, 15) is 30.0 Å². The predicted octanol–water partition coefficient (Wildman–Crippen LogP) is 3.79. The number of rotatable bonds is 7. The van der Waals surface area contributed by atoms with Gasteiger partial charge in [0, 0.05) is 31.2 Å². The van der Waals surface area contributed by atoms with Gasteiger partial charge in [0.15, 0.2) is 9.84 Å². The van der Waals surface area contributed by atoms with Gasteiger partial charge in [0.25, 0.3) is 0 Å². The van der Waals surface area contributed by atoms with Crippen molar-refractivity contribution < 1.29 is 30.0 Å². The predicted molar refractivity (Wildman–Crippen MR) is 129 cm³/mol. The third-order valence-electron chi connectivity index (χ3n) is 5.39. The van der Waals surface area contributed by atoms with E-state index in [1.54, 1.807) is 30.3 Å². The third kappa shape index (κ3) is 5.87. The van der Waals surface area contributed by atoms with Gasteiger partial charge in [-0.05, 0) is 48.4 Å². The summed E-state index contributed by atoms with van der Waals surface area (Å²) < 4.78 is 89.6. The van der Waals surface area contributed by atoms with Gasteiger partial charge in [0.1, 0.15) is 11.4 Å².